The molecule has 2 aliphatic carbocycles. The first-order chi connectivity index (χ1) is 16.7. The van der Waals surface area contributed by atoms with Crippen LogP contribution in [0.1, 0.15) is 32.3 Å². The van der Waals surface area contributed by atoms with Crippen LogP contribution in [0.25, 0.3) is 11.1 Å². The molecule has 5 heteroatoms. The second-order valence-electron chi connectivity index (χ2n) is 8.73. The van der Waals surface area contributed by atoms with Gasteiger partial charge in [-0.3, -0.25) is 0 Å². The van der Waals surface area contributed by atoms with E-state index in [1.807, 2.05) is 24.3 Å². The molecular weight excluding hydrogens is 605 g/mol. The molecule has 0 fully saturated rings. The van der Waals surface area contributed by atoms with Gasteiger partial charge in [-0.1, -0.05) is 0 Å². The first-order valence-corrected chi connectivity index (χ1v) is 16.1. The minimum atomic E-state index is -2.60. The van der Waals surface area contributed by atoms with Crippen molar-refractivity contribution < 1.29 is 46.1 Å². The van der Waals surface area contributed by atoms with Crippen LogP contribution in [-0.4, -0.2) is 3.21 Å². The smallest absolute Gasteiger partial charge is 1.00 e. The number of fused-ring (bicyclic) bond motifs is 3. The van der Waals surface area contributed by atoms with Crippen molar-refractivity contribution in [1.29, 1.82) is 0 Å². The molecule has 178 valence electrons. The van der Waals surface area contributed by atoms with Crippen molar-refractivity contribution in [1.82, 2.24) is 0 Å². The predicted molar refractivity (Wildman–Crippen MR) is 142 cm³/mol. The SMILES string of the molecule is Clc1ccc([C](c2ccc(Cl)cc2)=[Zr+2]([C]2=CC=CC2)[CH]2c3ccccc3-c3ccccc32)cc1.[Cl-].[Cl-]. The fourth-order valence-electron chi connectivity index (χ4n) is 5.31. The molecule has 0 bridgehead atoms. The van der Waals surface area contributed by atoms with E-state index in [2.05, 4.69) is 91.0 Å². The van der Waals surface area contributed by atoms with E-state index in [0.29, 0.717) is 3.63 Å². The molecule has 0 amide bonds. The Labute approximate surface area is 242 Å². The van der Waals surface area contributed by atoms with Gasteiger partial charge in [-0.15, -0.1) is 0 Å². The van der Waals surface area contributed by atoms with Gasteiger partial charge >= 0.3 is 220 Å². The average molecular weight is 628 g/mol. The van der Waals surface area contributed by atoms with Crippen molar-refractivity contribution in [3.05, 3.63) is 151 Å². The van der Waals surface area contributed by atoms with E-state index < -0.39 is 21.3 Å². The zero-order chi connectivity index (χ0) is 23.1. The molecule has 36 heavy (non-hydrogen) atoms. The van der Waals surface area contributed by atoms with Crippen LogP contribution in [0, 0.1) is 0 Å². The fraction of sp³-hybridized carbons (Fsp3) is 0.0645. The van der Waals surface area contributed by atoms with Crippen molar-refractivity contribution in [2.24, 2.45) is 0 Å². The molecule has 0 nitrogen and oxygen atoms in total. The zero-order valence-corrected chi connectivity index (χ0v) is 24.7. The van der Waals surface area contributed by atoms with E-state index in [4.69, 9.17) is 23.2 Å². The number of hydrogen-bond acceptors (Lipinski definition) is 0. The Morgan fingerprint density at radius 3 is 1.56 bits per heavy atom. The van der Waals surface area contributed by atoms with E-state index in [1.165, 1.54) is 36.6 Å². The molecule has 0 spiro atoms. The van der Waals surface area contributed by atoms with Crippen molar-refractivity contribution >= 4 is 26.4 Å². The number of halogens is 4. The maximum atomic E-state index is 6.32. The van der Waals surface area contributed by atoms with E-state index >= 15 is 0 Å². The van der Waals surface area contributed by atoms with Crippen LogP contribution in [0.2, 0.25) is 10.0 Å². The summed E-state index contributed by atoms with van der Waals surface area (Å²) >= 11 is 10.0. The molecule has 4 aromatic carbocycles. The average Bonchev–Trinajstić information content (AvgIpc) is 3.51. The molecule has 0 aromatic heterocycles. The van der Waals surface area contributed by atoms with Crippen molar-refractivity contribution in [3.8, 4) is 11.1 Å². The summed E-state index contributed by atoms with van der Waals surface area (Å²) in [5, 5.41) is 1.53. The van der Waals surface area contributed by atoms with Gasteiger partial charge in [0.15, 0.2) is 0 Å². The second kappa shape index (κ2) is 11.8. The van der Waals surface area contributed by atoms with Crippen LogP contribution >= 0.6 is 23.2 Å². The van der Waals surface area contributed by atoms with Crippen LogP contribution in [0.15, 0.2) is 119 Å². The topological polar surface area (TPSA) is 0 Å². The molecule has 0 saturated carbocycles. The van der Waals surface area contributed by atoms with Crippen LogP contribution < -0.4 is 24.8 Å². The standard InChI is InChI=1S/C13H8Cl2.C13H9.C5H5.2ClH.Zr/c14-12-5-1-10(2-6-12)9-11-3-7-13(15)8-4-11;1-3-7-12-10(5-1)9-11-6-2-4-8-13(11)12;1-2-4-5-3-1;;;/h1-8H;1-9H;1-3H,4H2;2*1H;/q;;;;;+2/p-2. The normalized spacial score (nSPS) is 13.0. The Bertz CT molecular complexity index is 1390. The Morgan fingerprint density at radius 1 is 0.639 bits per heavy atom. The van der Waals surface area contributed by atoms with Crippen LogP contribution in [0.4, 0.5) is 0 Å². The molecule has 0 saturated heterocycles. The molecule has 0 N–H and O–H groups in total. The monoisotopic (exact) mass is 624 g/mol. The van der Waals surface area contributed by atoms with Gasteiger partial charge in [0.1, 0.15) is 0 Å². The Kier molecular flexibility index (Phi) is 8.93. The minimum Gasteiger partial charge on any atom is -1.00 e. The van der Waals surface area contributed by atoms with Gasteiger partial charge in [0.05, 0.1) is 0 Å². The van der Waals surface area contributed by atoms with E-state index in [0.717, 1.165) is 16.5 Å². The number of hydrogen-bond donors (Lipinski definition) is 0. The Balaban J connectivity index is 0.00000152. The maximum Gasteiger partial charge on any atom is -1.00 e. The fourth-order valence-corrected chi connectivity index (χ4v) is 14.6. The summed E-state index contributed by atoms with van der Waals surface area (Å²) in [6, 6.07) is 34.9. The molecule has 0 aliphatic heterocycles. The van der Waals surface area contributed by atoms with E-state index in [-0.39, 0.29) is 24.8 Å². The Hall–Kier alpha value is -1.73. The first-order valence-electron chi connectivity index (χ1n) is 11.5. The minimum absolute atomic E-state index is 0. The summed E-state index contributed by atoms with van der Waals surface area (Å²) in [5.41, 5.74) is 8.28. The molecule has 0 radical (unpaired) electrons. The molecular formula is C31H22Cl4Zr. The Morgan fingerprint density at radius 2 is 1.11 bits per heavy atom. The van der Waals surface area contributed by atoms with Crippen molar-refractivity contribution in [3.63, 3.8) is 0 Å². The molecule has 0 unspecified atom stereocenters. The summed E-state index contributed by atoms with van der Waals surface area (Å²) in [5.74, 6) is 0. The third-order valence-corrected chi connectivity index (χ3v) is 15.6. The summed E-state index contributed by atoms with van der Waals surface area (Å²) in [4.78, 5) is 0. The van der Waals surface area contributed by atoms with Crippen LogP contribution in [0.5, 0.6) is 0 Å². The summed E-state index contributed by atoms with van der Waals surface area (Å²) in [7, 11) is 0. The van der Waals surface area contributed by atoms with E-state index in [9.17, 15) is 0 Å². The summed E-state index contributed by atoms with van der Waals surface area (Å²) in [6.45, 7) is 0. The summed E-state index contributed by atoms with van der Waals surface area (Å²) in [6.07, 6.45) is 7.98. The van der Waals surface area contributed by atoms with Gasteiger partial charge in [0, 0.05) is 0 Å². The quantitative estimate of drug-likeness (QED) is 0.327. The number of allylic oxidation sites excluding steroid dienone is 4. The van der Waals surface area contributed by atoms with Crippen LogP contribution in [0.3, 0.4) is 0 Å². The molecule has 0 heterocycles. The van der Waals surface area contributed by atoms with Crippen molar-refractivity contribution in [2.45, 2.75) is 10.0 Å². The van der Waals surface area contributed by atoms with Gasteiger partial charge in [-0.05, 0) is 0 Å². The first kappa shape index (κ1) is 27.3. The van der Waals surface area contributed by atoms with Crippen LogP contribution in [-0.2, 0) is 21.3 Å². The predicted octanol–water partition coefficient (Wildman–Crippen LogP) is 2.80. The van der Waals surface area contributed by atoms with Gasteiger partial charge in [-0.25, -0.2) is 0 Å². The molecule has 0 atom stereocenters. The third kappa shape index (κ3) is 5.02. The molecule has 4 aromatic rings. The molecule has 6 rings (SSSR count). The van der Waals surface area contributed by atoms with E-state index in [1.54, 1.807) is 3.28 Å². The largest absolute Gasteiger partial charge is 1.00 e. The third-order valence-electron chi connectivity index (χ3n) is 6.77. The number of benzene rings is 4. The van der Waals surface area contributed by atoms with Gasteiger partial charge in [0.2, 0.25) is 0 Å². The zero-order valence-electron chi connectivity index (χ0n) is 19.3. The summed E-state index contributed by atoms with van der Waals surface area (Å²) < 4.78 is 3.54. The second-order valence-corrected chi connectivity index (χ2v) is 15.9. The van der Waals surface area contributed by atoms with Gasteiger partial charge < -0.3 is 24.8 Å². The number of rotatable bonds is 4. The maximum absolute atomic E-state index is 6.32. The van der Waals surface area contributed by atoms with Crippen molar-refractivity contribution in [2.75, 3.05) is 0 Å². The van der Waals surface area contributed by atoms with Gasteiger partial charge in [-0.2, -0.15) is 0 Å². The molecule has 2 aliphatic rings. The van der Waals surface area contributed by atoms with Gasteiger partial charge in [0.25, 0.3) is 0 Å².